The molecule has 4 rings (SSSR count). The standard InChI is InChI=1S/C17H23N7/c1-10(12-7-8-12)20-17-23-15(13-3-2-4-14(18)21-13)22-16(24-17)19-9-11-5-6-11/h2-4,10-12H,5-9H2,1H3,(H2,18,21)(H2,19,20,22,23,24). The van der Waals surface area contributed by atoms with Crippen molar-refractivity contribution in [3.63, 3.8) is 0 Å². The van der Waals surface area contributed by atoms with E-state index in [1.54, 1.807) is 6.07 Å². The van der Waals surface area contributed by atoms with Crippen molar-refractivity contribution in [1.82, 2.24) is 19.9 Å². The Balaban J connectivity index is 1.61. The third-order valence-electron chi connectivity index (χ3n) is 4.57. The SMILES string of the molecule is CC(Nc1nc(NCC2CC2)nc(-c2cccc(N)n2)n1)C1CC1. The summed E-state index contributed by atoms with van der Waals surface area (Å²) in [6.07, 6.45) is 5.11. The molecular formula is C17H23N7. The quantitative estimate of drug-likeness (QED) is 0.719. The minimum atomic E-state index is 0.366. The van der Waals surface area contributed by atoms with Gasteiger partial charge in [-0.05, 0) is 56.6 Å². The van der Waals surface area contributed by atoms with Crippen molar-refractivity contribution in [2.24, 2.45) is 11.8 Å². The number of anilines is 3. The van der Waals surface area contributed by atoms with Crippen molar-refractivity contribution in [1.29, 1.82) is 0 Å². The van der Waals surface area contributed by atoms with E-state index in [1.807, 2.05) is 12.1 Å². The zero-order valence-corrected chi connectivity index (χ0v) is 13.9. The van der Waals surface area contributed by atoms with Gasteiger partial charge in [-0.15, -0.1) is 0 Å². The summed E-state index contributed by atoms with van der Waals surface area (Å²) in [7, 11) is 0. The summed E-state index contributed by atoms with van der Waals surface area (Å²) in [5.74, 6) is 3.67. The fraction of sp³-hybridized carbons (Fsp3) is 0.529. The van der Waals surface area contributed by atoms with Gasteiger partial charge >= 0.3 is 0 Å². The molecule has 1 atom stereocenters. The van der Waals surface area contributed by atoms with Crippen molar-refractivity contribution in [3.05, 3.63) is 18.2 Å². The van der Waals surface area contributed by atoms with Crippen molar-refractivity contribution >= 4 is 17.7 Å². The average molecular weight is 325 g/mol. The molecule has 4 N–H and O–H groups in total. The van der Waals surface area contributed by atoms with E-state index < -0.39 is 0 Å². The highest BCUT2D eigenvalue weighted by Gasteiger charge is 2.28. The molecule has 126 valence electrons. The number of hydrogen-bond donors (Lipinski definition) is 3. The van der Waals surface area contributed by atoms with E-state index in [0.29, 0.717) is 35.3 Å². The highest BCUT2D eigenvalue weighted by atomic mass is 15.2. The summed E-state index contributed by atoms with van der Waals surface area (Å²) >= 11 is 0. The predicted molar refractivity (Wildman–Crippen MR) is 94.5 cm³/mol. The average Bonchev–Trinajstić information content (AvgIpc) is 3.47. The Morgan fingerprint density at radius 3 is 2.58 bits per heavy atom. The predicted octanol–water partition coefficient (Wildman–Crippen LogP) is 2.55. The molecule has 1 unspecified atom stereocenters. The van der Waals surface area contributed by atoms with Crippen molar-refractivity contribution in [2.45, 2.75) is 38.6 Å². The largest absolute Gasteiger partial charge is 0.384 e. The van der Waals surface area contributed by atoms with Crippen LogP contribution in [-0.4, -0.2) is 32.5 Å². The molecule has 0 spiro atoms. The van der Waals surface area contributed by atoms with Gasteiger partial charge < -0.3 is 16.4 Å². The van der Waals surface area contributed by atoms with E-state index in [-0.39, 0.29) is 0 Å². The molecule has 2 aliphatic rings. The van der Waals surface area contributed by atoms with Gasteiger partial charge in [0.05, 0.1) is 0 Å². The Bertz CT molecular complexity index is 725. The topological polar surface area (TPSA) is 102 Å². The number of nitrogens with one attached hydrogen (secondary N) is 2. The van der Waals surface area contributed by atoms with Crippen LogP contribution in [0.4, 0.5) is 17.7 Å². The summed E-state index contributed by atoms with van der Waals surface area (Å²) < 4.78 is 0. The normalized spacial score (nSPS) is 18.2. The molecule has 2 aromatic heterocycles. The van der Waals surface area contributed by atoms with Gasteiger partial charge in [0.25, 0.3) is 0 Å². The molecule has 0 saturated heterocycles. The highest BCUT2D eigenvalue weighted by molar-refractivity contribution is 5.55. The molecule has 0 radical (unpaired) electrons. The van der Waals surface area contributed by atoms with Gasteiger partial charge in [-0.2, -0.15) is 15.0 Å². The van der Waals surface area contributed by atoms with Crippen LogP contribution in [0.2, 0.25) is 0 Å². The van der Waals surface area contributed by atoms with Crippen molar-refractivity contribution in [3.8, 4) is 11.5 Å². The molecule has 2 saturated carbocycles. The van der Waals surface area contributed by atoms with Crippen LogP contribution in [0.15, 0.2) is 18.2 Å². The lowest BCUT2D eigenvalue weighted by atomic mass is 10.2. The van der Waals surface area contributed by atoms with Crippen LogP contribution in [0.25, 0.3) is 11.5 Å². The van der Waals surface area contributed by atoms with E-state index in [0.717, 1.165) is 18.4 Å². The van der Waals surface area contributed by atoms with E-state index in [2.05, 4.69) is 37.5 Å². The number of nitrogen functional groups attached to an aromatic ring is 1. The lowest BCUT2D eigenvalue weighted by Crippen LogP contribution is -2.20. The molecular weight excluding hydrogens is 302 g/mol. The number of rotatable bonds is 7. The first-order valence-electron chi connectivity index (χ1n) is 8.67. The molecule has 7 nitrogen and oxygen atoms in total. The summed E-state index contributed by atoms with van der Waals surface area (Å²) in [4.78, 5) is 17.9. The maximum absolute atomic E-state index is 5.79. The van der Waals surface area contributed by atoms with Gasteiger partial charge in [-0.3, -0.25) is 0 Å². The summed E-state index contributed by atoms with van der Waals surface area (Å²) in [6, 6.07) is 5.85. The first-order chi connectivity index (χ1) is 11.7. The van der Waals surface area contributed by atoms with E-state index in [4.69, 9.17) is 5.73 Å². The summed E-state index contributed by atoms with van der Waals surface area (Å²) in [5.41, 5.74) is 6.45. The lowest BCUT2D eigenvalue weighted by Gasteiger charge is -2.14. The third-order valence-corrected chi connectivity index (χ3v) is 4.57. The Labute approximate surface area is 141 Å². The molecule has 0 amide bonds. The number of aromatic nitrogens is 4. The van der Waals surface area contributed by atoms with Gasteiger partial charge in [0, 0.05) is 12.6 Å². The Kier molecular flexibility index (Phi) is 3.92. The number of nitrogens with two attached hydrogens (primary N) is 1. The Morgan fingerprint density at radius 1 is 1.08 bits per heavy atom. The van der Waals surface area contributed by atoms with Crippen LogP contribution in [0.5, 0.6) is 0 Å². The van der Waals surface area contributed by atoms with Crippen molar-refractivity contribution in [2.75, 3.05) is 22.9 Å². The maximum atomic E-state index is 5.79. The van der Waals surface area contributed by atoms with Gasteiger partial charge in [0.15, 0.2) is 5.82 Å². The van der Waals surface area contributed by atoms with Gasteiger partial charge in [-0.25, -0.2) is 4.98 Å². The zero-order valence-electron chi connectivity index (χ0n) is 13.9. The molecule has 0 aliphatic heterocycles. The van der Waals surface area contributed by atoms with E-state index in [9.17, 15) is 0 Å². The second-order valence-electron chi connectivity index (χ2n) is 6.85. The minimum Gasteiger partial charge on any atom is -0.384 e. The molecule has 2 fully saturated rings. The molecule has 7 heteroatoms. The van der Waals surface area contributed by atoms with Crippen LogP contribution < -0.4 is 16.4 Å². The second-order valence-corrected chi connectivity index (χ2v) is 6.85. The molecule has 2 aliphatic carbocycles. The fourth-order valence-electron chi connectivity index (χ4n) is 2.69. The van der Waals surface area contributed by atoms with Gasteiger partial charge in [-0.1, -0.05) is 6.07 Å². The monoisotopic (exact) mass is 325 g/mol. The summed E-state index contributed by atoms with van der Waals surface area (Å²) in [5, 5.41) is 6.74. The number of pyridine rings is 1. The van der Waals surface area contributed by atoms with E-state index in [1.165, 1.54) is 25.7 Å². The Morgan fingerprint density at radius 2 is 1.88 bits per heavy atom. The number of nitrogens with zero attached hydrogens (tertiary/aromatic N) is 4. The van der Waals surface area contributed by atoms with Crippen LogP contribution in [-0.2, 0) is 0 Å². The van der Waals surface area contributed by atoms with Crippen LogP contribution >= 0.6 is 0 Å². The number of hydrogen-bond acceptors (Lipinski definition) is 7. The van der Waals surface area contributed by atoms with Crippen molar-refractivity contribution < 1.29 is 0 Å². The van der Waals surface area contributed by atoms with Crippen LogP contribution in [0.3, 0.4) is 0 Å². The fourth-order valence-corrected chi connectivity index (χ4v) is 2.69. The molecule has 2 aromatic rings. The van der Waals surface area contributed by atoms with Crippen LogP contribution in [0, 0.1) is 11.8 Å². The molecule has 0 bridgehead atoms. The second kappa shape index (κ2) is 6.22. The minimum absolute atomic E-state index is 0.366. The molecule has 2 heterocycles. The van der Waals surface area contributed by atoms with Gasteiger partial charge in [0.2, 0.25) is 11.9 Å². The highest BCUT2D eigenvalue weighted by Crippen LogP contribution is 2.34. The smallest absolute Gasteiger partial charge is 0.228 e. The van der Waals surface area contributed by atoms with Crippen LogP contribution in [0.1, 0.15) is 32.6 Å². The summed E-state index contributed by atoms with van der Waals surface area (Å²) in [6.45, 7) is 3.09. The van der Waals surface area contributed by atoms with E-state index >= 15 is 0 Å². The Hall–Kier alpha value is -2.44. The lowest BCUT2D eigenvalue weighted by molar-refractivity contribution is 0.685. The zero-order chi connectivity index (χ0) is 16.5. The molecule has 24 heavy (non-hydrogen) atoms. The maximum Gasteiger partial charge on any atom is 0.228 e. The van der Waals surface area contributed by atoms with Gasteiger partial charge in [0.1, 0.15) is 11.5 Å². The molecule has 0 aromatic carbocycles. The third kappa shape index (κ3) is 3.72. The first kappa shape index (κ1) is 15.1. The first-order valence-corrected chi connectivity index (χ1v) is 8.67.